The Labute approximate surface area is 172 Å². The molecule has 1 aromatic carbocycles. The van der Waals surface area contributed by atoms with E-state index in [-0.39, 0.29) is 0 Å². The molecule has 146 valence electrons. The van der Waals surface area contributed by atoms with Crippen molar-refractivity contribution in [1.29, 1.82) is 0 Å². The fourth-order valence-electron chi connectivity index (χ4n) is 3.46. The van der Waals surface area contributed by atoms with Gasteiger partial charge in [-0.15, -0.1) is 0 Å². The third-order valence-corrected chi connectivity index (χ3v) is 4.98. The minimum atomic E-state index is 0.883. The van der Waals surface area contributed by atoms with E-state index in [0.717, 1.165) is 36.8 Å². The molecule has 1 aliphatic carbocycles. The summed E-state index contributed by atoms with van der Waals surface area (Å²) in [5, 5.41) is 0. The minimum absolute atomic E-state index is 0.883. The van der Waals surface area contributed by atoms with Crippen LogP contribution in [0.15, 0.2) is 107 Å². The first-order chi connectivity index (χ1) is 13.4. The zero-order valence-electron chi connectivity index (χ0n) is 18.0. The van der Waals surface area contributed by atoms with Crippen LogP contribution in [0.3, 0.4) is 0 Å². The van der Waals surface area contributed by atoms with Crippen molar-refractivity contribution in [1.82, 2.24) is 0 Å². The zero-order chi connectivity index (χ0) is 20.5. The second kappa shape index (κ2) is 10.7. The molecule has 0 aromatic heterocycles. The fourth-order valence-corrected chi connectivity index (χ4v) is 3.46. The highest BCUT2D eigenvalue weighted by molar-refractivity contribution is 5.45. The van der Waals surface area contributed by atoms with Crippen LogP contribution in [0.4, 0.5) is 0 Å². The molecule has 0 unspecified atom stereocenters. The average Bonchev–Trinajstić information content (AvgIpc) is 3.07. The van der Waals surface area contributed by atoms with Crippen molar-refractivity contribution in [3.63, 3.8) is 0 Å². The van der Waals surface area contributed by atoms with Crippen LogP contribution < -0.4 is 0 Å². The molecule has 0 heteroatoms. The van der Waals surface area contributed by atoms with Gasteiger partial charge in [-0.2, -0.15) is 0 Å². The van der Waals surface area contributed by atoms with Crippen molar-refractivity contribution < 1.29 is 0 Å². The van der Waals surface area contributed by atoms with Crippen LogP contribution in [0.25, 0.3) is 0 Å². The molecule has 0 aliphatic heterocycles. The van der Waals surface area contributed by atoms with Crippen LogP contribution in [-0.4, -0.2) is 0 Å². The van der Waals surface area contributed by atoms with Crippen LogP contribution in [0, 0.1) is 0 Å². The number of allylic oxidation sites excluding steroid dienone is 12. The molecule has 0 heterocycles. The first kappa shape index (κ1) is 21.7. The van der Waals surface area contributed by atoms with Crippen molar-refractivity contribution in [3.05, 3.63) is 118 Å². The van der Waals surface area contributed by atoms with E-state index in [1.807, 2.05) is 6.92 Å². The number of hydrogen-bond donors (Lipinski definition) is 0. The molecule has 0 atom stereocenters. The smallest absolute Gasteiger partial charge is 0.00315 e. The maximum atomic E-state index is 4.30. The van der Waals surface area contributed by atoms with E-state index >= 15 is 0 Å². The molecule has 0 nitrogen and oxygen atoms in total. The van der Waals surface area contributed by atoms with Crippen molar-refractivity contribution in [2.75, 3.05) is 0 Å². The maximum absolute atomic E-state index is 4.30. The Bertz CT molecular complexity index is 861. The molecule has 0 N–H and O–H groups in total. The summed E-state index contributed by atoms with van der Waals surface area (Å²) >= 11 is 0. The number of benzene rings is 1. The van der Waals surface area contributed by atoms with Gasteiger partial charge in [-0.05, 0) is 68.7 Å². The Morgan fingerprint density at radius 1 is 1.04 bits per heavy atom. The van der Waals surface area contributed by atoms with Gasteiger partial charge >= 0.3 is 0 Å². The number of rotatable bonds is 9. The van der Waals surface area contributed by atoms with Crippen molar-refractivity contribution in [2.24, 2.45) is 0 Å². The summed E-state index contributed by atoms with van der Waals surface area (Å²) in [6.45, 7) is 16.7. The minimum Gasteiger partial charge on any atom is -0.0961 e. The summed E-state index contributed by atoms with van der Waals surface area (Å²) in [7, 11) is 0. The van der Waals surface area contributed by atoms with Gasteiger partial charge in [-0.1, -0.05) is 103 Å². The van der Waals surface area contributed by atoms with Crippen LogP contribution in [-0.2, 0) is 12.8 Å². The summed E-state index contributed by atoms with van der Waals surface area (Å²) in [6, 6.07) is 9.00. The van der Waals surface area contributed by atoms with Crippen LogP contribution >= 0.6 is 0 Å². The van der Waals surface area contributed by atoms with E-state index in [4.69, 9.17) is 0 Å². The summed E-state index contributed by atoms with van der Waals surface area (Å²) in [5.74, 6) is 0. The monoisotopic (exact) mass is 370 g/mol. The maximum Gasteiger partial charge on any atom is -0.00315 e. The van der Waals surface area contributed by atoms with E-state index < -0.39 is 0 Å². The summed E-state index contributed by atoms with van der Waals surface area (Å²) < 4.78 is 0. The lowest BCUT2D eigenvalue weighted by molar-refractivity contribution is 1.04. The predicted molar refractivity (Wildman–Crippen MR) is 126 cm³/mol. The summed E-state index contributed by atoms with van der Waals surface area (Å²) in [4.78, 5) is 0. The third-order valence-electron chi connectivity index (χ3n) is 4.98. The first-order valence-electron chi connectivity index (χ1n) is 10.2. The number of hydrogen-bond acceptors (Lipinski definition) is 0. The molecule has 2 rings (SSSR count). The highest BCUT2D eigenvalue weighted by Crippen LogP contribution is 2.23. The van der Waals surface area contributed by atoms with Crippen molar-refractivity contribution in [2.45, 2.75) is 53.4 Å². The lowest BCUT2D eigenvalue weighted by atomic mass is 9.96. The van der Waals surface area contributed by atoms with Crippen molar-refractivity contribution in [3.8, 4) is 0 Å². The predicted octanol–water partition coefficient (Wildman–Crippen LogP) is 8.02. The molecule has 0 spiro atoms. The summed E-state index contributed by atoms with van der Waals surface area (Å²) in [6.07, 6.45) is 17.2. The Balaban J connectivity index is 2.00. The largest absolute Gasteiger partial charge is 0.0961 e. The molecule has 0 bridgehead atoms. The molecule has 1 aromatic rings. The SMILES string of the molecule is C=C(C)\C=C/C(=C\C)C(=C/C(=C)Cc1ccc(CC2=CC=C(C)C2)cc1)/CC. The lowest BCUT2D eigenvalue weighted by Gasteiger charge is -2.09. The van der Waals surface area contributed by atoms with Gasteiger partial charge < -0.3 is 0 Å². The molecule has 0 saturated carbocycles. The topological polar surface area (TPSA) is 0 Å². The highest BCUT2D eigenvalue weighted by Gasteiger charge is 2.06. The Hall–Kier alpha value is -2.60. The second-order valence-electron chi connectivity index (χ2n) is 7.79. The second-order valence-corrected chi connectivity index (χ2v) is 7.79. The van der Waals surface area contributed by atoms with E-state index in [1.54, 1.807) is 0 Å². The van der Waals surface area contributed by atoms with E-state index in [1.165, 1.54) is 33.4 Å². The van der Waals surface area contributed by atoms with Crippen LogP contribution in [0.2, 0.25) is 0 Å². The van der Waals surface area contributed by atoms with Crippen LogP contribution in [0.5, 0.6) is 0 Å². The Kier molecular flexibility index (Phi) is 8.26. The molecule has 1 aliphatic rings. The molecule has 0 fully saturated rings. The van der Waals surface area contributed by atoms with Gasteiger partial charge in [0, 0.05) is 0 Å². The van der Waals surface area contributed by atoms with Gasteiger partial charge in [0.1, 0.15) is 0 Å². The molecule has 28 heavy (non-hydrogen) atoms. The van der Waals surface area contributed by atoms with Crippen LogP contribution in [0.1, 0.15) is 51.7 Å². The Morgan fingerprint density at radius 2 is 1.71 bits per heavy atom. The normalized spacial score (nSPS) is 15.0. The quantitative estimate of drug-likeness (QED) is 0.386. The van der Waals surface area contributed by atoms with Gasteiger partial charge in [-0.25, -0.2) is 0 Å². The van der Waals surface area contributed by atoms with E-state index in [0.29, 0.717) is 0 Å². The molecule has 0 radical (unpaired) electrons. The van der Waals surface area contributed by atoms with E-state index in [9.17, 15) is 0 Å². The van der Waals surface area contributed by atoms with Gasteiger partial charge in [0.05, 0.1) is 0 Å². The van der Waals surface area contributed by atoms with Gasteiger partial charge in [0.2, 0.25) is 0 Å². The molecule has 0 saturated heterocycles. The average molecular weight is 371 g/mol. The standard InChI is InChI=1S/C28H34/c1-7-27(16-9-21(3)4)28(8-2)19-23(6)18-24-12-14-25(15-13-24)20-26-11-10-22(5)17-26/h7,9-16,19H,3,6,8,17-18,20H2,1-2,4-5H3/b16-9-,27-7+,28-19+. The van der Waals surface area contributed by atoms with Crippen molar-refractivity contribution >= 4 is 0 Å². The third kappa shape index (κ3) is 6.85. The fraction of sp³-hybridized carbons (Fsp3) is 0.286. The highest BCUT2D eigenvalue weighted by atomic mass is 14.1. The first-order valence-corrected chi connectivity index (χ1v) is 10.2. The van der Waals surface area contributed by atoms with Gasteiger partial charge in [0.15, 0.2) is 0 Å². The zero-order valence-corrected chi connectivity index (χ0v) is 18.0. The van der Waals surface area contributed by atoms with E-state index in [2.05, 4.69) is 94.7 Å². The van der Waals surface area contributed by atoms with Gasteiger partial charge in [-0.3, -0.25) is 0 Å². The molecular formula is C28H34. The molecular weight excluding hydrogens is 336 g/mol. The lowest BCUT2D eigenvalue weighted by Crippen LogP contribution is -1.93. The molecule has 0 amide bonds. The summed E-state index contributed by atoms with van der Waals surface area (Å²) in [5.41, 5.74) is 10.4. The Morgan fingerprint density at radius 3 is 2.25 bits per heavy atom. The van der Waals surface area contributed by atoms with Gasteiger partial charge in [0.25, 0.3) is 0 Å².